The third-order valence-electron chi connectivity index (χ3n) is 1.46. The smallest absolute Gasteiger partial charge is 0.355 e. The van der Waals surface area contributed by atoms with Gasteiger partial charge in [-0.3, -0.25) is 0 Å². The van der Waals surface area contributed by atoms with Crippen molar-refractivity contribution in [1.29, 1.82) is 0 Å². The molecular weight excluding hydrogens is 268 g/mol. The maximum Gasteiger partial charge on any atom is 0.355 e. The molecule has 0 atom stereocenters. The first-order valence-corrected chi connectivity index (χ1v) is 4.50. The summed E-state index contributed by atoms with van der Waals surface area (Å²) in [6.45, 7) is 0. The highest BCUT2D eigenvalue weighted by Crippen LogP contribution is 2.32. The lowest BCUT2D eigenvalue weighted by Gasteiger charge is -2.05. The number of carbonyl (C=O) groups is 2. The zero-order valence-electron chi connectivity index (χ0n) is 6.79. The Labute approximate surface area is 98.2 Å². The Morgan fingerprint density at radius 1 is 1.00 bits per heavy atom. The van der Waals surface area contributed by atoms with Crippen molar-refractivity contribution >= 4 is 46.7 Å². The molecule has 0 fully saturated rings. The van der Waals surface area contributed by atoms with Gasteiger partial charge in [-0.05, 0) is 0 Å². The summed E-state index contributed by atoms with van der Waals surface area (Å²) in [7, 11) is 0. The molecule has 0 unspecified atom stereocenters. The van der Waals surface area contributed by atoms with Crippen LogP contribution in [0.1, 0.15) is 20.8 Å². The number of hydrogen-bond donors (Lipinski definition) is 2. The van der Waals surface area contributed by atoms with Crippen molar-refractivity contribution in [2.24, 2.45) is 0 Å². The Bertz CT molecular complexity index is 460. The maximum atomic E-state index is 10.7. The van der Waals surface area contributed by atoms with E-state index in [1.807, 2.05) is 0 Å². The minimum Gasteiger partial charge on any atom is -0.478 e. The molecule has 0 aliphatic heterocycles. The Morgan fingerprint density at radius 3 is 1.93 bits per heavy atom. The molecule has 0 aliphatic rings. The number of carboxylic acids is 2. The van der Waals surface area contributed by atoms with E-state index in [2.05, 4.69) is 4.98 Å². The summed E-state index contributed by atoms with van der Waals surface area (Å²) in [6.07, 6.45) is 0. The third kappa shape index (κ3) is 2.14. The number of rotatable bonds is 2. The van der Waals surface area contributed by atoms with Crippen LogP contribution in [0.3, 0.4) is 0 Å². The van der Waals surface area contributed by atoms with Crippen LogP contribution in [0.15, 0.2) is 0 Å². The molecule has 1 heterocycles. The molecule has 0 radical (unpaired) electrons. The average Bonchev–Trinajstić information content (AvgIpc) is 2.12. The summed E-state index contributed by atoms with van der Waals surface area (Å²) >= 11 is 16.5. The number of halogens is 3. The second-order valence-corrected chi connectivity index (χ2v) is 3.48. The summed E-state index contributed by atoms with van der Waals surface area (Å²) in [5.74, 6) is -3.09. The molecule has 0 saturated carbocycles. The van der Waals surface area contributed by atoms with Crippen molar-refractivity contribution in [3.63, 3.8) is 0 Å². The molecule has 1 rings (SSSR count). The zero-order valence-corrected chi connectivity index (χ0v) is 9.06. The minimum atomic E-state index is -1.55. The van der Waals surface area contributed by atoms with Crippen LogP contribution in [-0.2, 0) is 0 Å². The first-order chi connectivity index (χ1) is 6.86. The maximum absolute atomic E-state index is 10.7. The van der Waals surface area contributed by atoms with E-state index in [-0.39, 0.29) is 10.2 Å². The Morgan fingerprint density at radius 2 is 1.53 bits per heavy atom. The summed E-state index contributed by atoms with van der Waals surface area (Å²) in [5.41, 5.74) is -1.43. The predicted molar refractivity (Wildman–Crippen MR) is 53.2 cm³/mol. The van der Waals surface area contributed by atoms with Gasteiger partial charge in [0.05, 0.1) is 10.0 Å². The number of nitrogens with zero attached hydrogens (tertiary/aromatic N) is 1. The fourth-order valence-electron chi connectivity index (χ4n) is 0.857. The summed E-state index contributed by atoms with van der Waals surface area (Å²) in [4.78, 5) is 24.7. The van der Waals surface area contributed by atoms with Crippen LogP contribution in [0.2, 0.25) is 15.2 Å². The number of aromatic nitrogens is 1. The Kier molecular flexibility index (Phi) is 3.38. The minimum absolute atomic E-state index is 0.291. The molecule has 1 aromatic rings. The highest BCUT2D eigenvalue weighted by molar-refractivity contribution is 6.48. The standard InChI is InChI=1S/C7H2Cl3NO4/c8-2-1(6(12)13)4(7(14)15)11-5(10)3(2)9/h(H,12,13)(H,14,15). The van der Waals surface area contributed by atoms with Crippen LogP contribution in [-0.4, -0.2) is 27.1 Å². The fourth-order valence-corrected chi connectivity index (χ4v) is 1.48. The van der Waals surface area contributed by atoms with E-state index >= 15 is 0 Å². The second kappa shape index (κ2) is 4.22. The van der Waals surface area contributed by atoms with Crippen molar-refractivity contribution in [2.75, 3.05) is 0 Å². The fraction of sp³-hybridized carbons (Fsp3) is 0. The normalized spacial score (nSPS) is 10.1. The molecule has 5 nitrogen and oxygen atoms in total. The van der Waals surface area contributed by atoms with Gasteiger partial charge in [0.2, 0.25) is 0 Å². The number of pyridine rings is 1. The Balaban J connectivity index is 3.65. The molecular formula is C7H2Cl3NO4. The van der Waals surface area contributed by atoms with Gasteiger partial charge in [0.1, 0.15) is 10.7 Å². The van der Waals surface area contributed by atoms with Gasteiger partial charge in [-0.2, -0.15) is 0 Å². The van der Waals surface area contributed by atoms with Crippen molar-refractivity contribution in [3.8, 4) is 0 Å². The van der Waals surface area contributed by atoms with E-state index in [0.717, 1.165) is 0 Å². The van der Waals surface area contributed by atoms with E-state index < -0.39 is 28.2 Å². The SMILES string of the molecule is O=C(O)c1nc(Cl)c(Cl)c(Cl)c1C(=O)O. The van der Waals surface area contributed by atoms with Gasteiger partial charge in [-0.1, -0.05) is 34.8 Å². The van der Waals surface area contributed by atoms with E-state index in [1.54, 1.807) is 0 Å². The molecule has 2 N–H and O–H groups in total. The lowest BCUT2D eigenvalue weighted by Crippen LogP contribution is -2.12. The number of carboxylic acid groups (broad SMARTS) is 2. The molecule has 80 valence electrons. The Hall–Kier alpha value is -1.04. The van der Waals surface area contributed by atoms with Gasteiger partial charge in [-0.25, -0.2) is 14.6 Å². The number of hydrogen-bond acceptors (Lipinski definition) is 3. The molecule has 0 aromatic carbocycles. The highest BCUT2D eigenvalue weighted by atomic mass is 35.5. The van der Waals surface area contributed by atoms with Gasteiger partial charge in [0.15, 0.2) is 5.69 Å². The van der Waals surface area contributed by atoms with E-state index in [4.69, 9.17) is 45.0 Å². The lowest BCUT2D eigenvalue weighted by molar-refractivity contribution is 0.0646. The zero-order chi connectivity index (χ0) is 11.7. The van der Waals surface area contributed by atoms with Crippen LogP contribution >= 0.6 is 34.8 Å². The summed E-state index contributed by atoms with van der Waals surface area (Å²) < 4.78 is 0. The van der Waals surface area contributed by atoms with Gasteiger partial charge in [0, 0.05) is 0 Å². The molecule has 1 aromatic heterocycles. The first-order valence-electron chi connectivity index (χ1n) is 3.37. The monoisotopic (exact) mass is 269 g/mol. The molecule has 0 saturated heterocycles. The number of aromatic carboxylic acids is 2. The summed E-state index contributed by atoms with van der Waals surface area (Å²) in [5, 5.41) is 16.3. The molecule has 0 aliphatic carbocycles. The lowest BCUT2D eigenvalue weighted by atomic mass is 10.2. The van der Waals surface area contributed by atoms with Gasteiger partial charge < -0.3 is 10.2 Å². The van der Waals surface area contributed by atoms with Gasteiger partial charge in [-0.15, -0.1) is 0 Å². The van der Waals surface area contributed by atoms with E-state index in [9.17, 15) is 9.59 Å². The molecule has 8 heteroatoms. The third-order valence-corrected chi connectivity index (χ3v) is 2.67. The van der Waals surface area contributed by atoms with Crippen molar-refractivity contribution in [3.05, 3.63) is 26.5 Å². The van der Waals surface area contributed by atoms with E-state index in [0.29, 0.717) is 0 Å². The van der Waals surface area contributed by atoms with Crippen LogP contribution in [0.4, 0.5) is 0 Å². The van der Waals surface area contributed by atoms with Crippen LogP contribution in [0.5, 0.6) is 0 Å². The van der Waals surface area contributed by atoms with Gasteiger partial charge in [0.25, 0.3) is 0 Å². The average molecular weight is 270 g/mol. The molecule has 0 bridgehead atoms. The van der Waals surface area contributed by atoms with Crippen molar-refractivity contribution < 1.29 is 19.8 Å². The quantitative estimate of drug-likeness (QED) is 0.806. The second-order valence-electron chi connectivity index (χ2n) is 2.36. The highest BCUT2D eigenvalue weighted by Gasteiger charge is 2.25. The molecule has 0 spiro atoms. The largest absolute Gasteiger partial charge is 0.478 e. The van der Waals surface area contributed by atoms with Crippen LogP contribution < -0.4 is 0 Å². The van der Waals surface area contributed by atoms with E-state index in [1.165, 1.54) is 0 Å². The van der Waals surface area contributed by atoms with Crippen molar-refractivity contribution in [2.45, 2.75) is 0 Å². The predicted octanol–water partition coefficient (Wildman–Crippen LogP) is 2.44. The molecule has 0 amide bonds. The first kappa shape index (κ1) is 12.0. The van der Waals surface area contributed by atoms with Crippen molar-refractivity contribution in [1.82, 2.24) is 4.98 Å². The van der Waals surface area contributed by atoms with Crippen LogP contribution in [0, 0.1) is 0 Å². The topological polar surface area (TPSA) is 87.5 Å². The summed E-state index contributed by atoms with van der Waals surface area (Å²) in [6, 6.07) is 0. The van der Waals surface area contributed by atoms with Gasteiger partial charge >= 0.3 is 11.9 Å². The molecule has 15 heavy (non-hydrogen) atoms. The van der Waals surface area contributed by atoms with Crippen LogP contribution in [0.25, 0.3) is 0 Å².